The van der Waals surface area contributed by atoms with E-state index in [4.69, 9.17) is 11.6 Å². The Balaban J connectivity index is 1.79. The Kier molecular flexibility index (Phi) is 4.72. The van der Waals surface area contributed by atoms with Crippen molar-refractivity contribution in [2.45, 2.75) is 45.3 Å². The molecule has 2 aliphatic rings. The molecule has 0 radical (unpaired) electrons. The molecule has 0 spiro atoms. The van der Waals surface area contributed by atoms with Crippen molar-refractivity contribution in [3.63, 3.8) is 0 Å². The first kappa shape index (κ1) is 15.1. The number of nitrogens with one attached hydrogen (secondary N) is 1. The minimum atomic E-state index is 0.473. The molecule has 0 amide bonds. The number of anilines is 1. The van der Waals surface area contributed by atoms with Gasteiger partial charge in [-0.3, -0.25) is 4.90 Å². The zero-order valence-electron chi connectivity index (χ0n) is 13.1. The van der Waals surface area contributed by atoms with Crippen LogP contribution in [0.4, 0.5) is 5.69 Å². The van der Waals surface area contributed by atoms with Crippen LogP contribution in [-0.4, -0.2) is 43.2 Å². The van der Waals surface area contributed by atoms with Gasteiger partial charge in [0.2, 0.25) is 0 Å². The van der Waals surface area contributed by atoms with E-state index in [9.17, 15) is 0 Å². The molecule has 0 bridgehead atoms. The van der Waals surface area contributed by atoms with Gasteiger partial charge in [0.05, 0.1) is 0 Å². The molecule has 2 heterocycles. The predicted molar refractivity (Wildman–Crippen MR) is 90.2 cm³/mol. The largest absolute Gasteiger partial charge is 0.368 e. The van der Waals surface area contributed by atoms with Crippen LogP contribution in [-0.2, 0) is 6.54 Å². The summed E-state index contributed by atoms with van der Waals surface area (Å²) in [6.45, 7) is 9.93. The molecule has 21 heavy (non-hydrogen) atoms. The summed E-state index contributed by atoms with van der Waals surface area (Å²) < 4.78 is 0. The molecule has 1 N–H and O–H groups in total. The van der Waals surface area contributed by atoms with Crippen molar-refractivity contribution in [2.24, 2.45) is 0 Å². The molecule has 2 saturated heterocycles. The van der Waals surface area contributed by atoms with Gasteiger partial charge in [-0.25, -0.2) is 0 Å². The van der Waals surface area contributed by atoms with Crippen LogP contribution in [0.1, 0.15) is 32.3 Å². The highest BCUT2D eigenvalue weighted by molar-refractivity contribution is 6.31. The second kappa shape index (κ2) is 6.55. The van der Waals surface area contributed by atoms with Crippen molar-refractivity contribution < 1.29 is 0 Å². The molecule has 3 rings (SSSR count). The van der Waals surface area contributed by atoms with Gasteiger partial charge in [0, 0.05) is 54.5 Å². The monoisotopic (exact) mass is 307 g/mol. The topological polar surface area (TPSA) is 18.5 Å². The first-order chi connectivity index (χ1) is 10.1. The maximum Gasteiger partial charge on any atom is 0.0471 e. The smallest absolute Gasteiger partial charge is 0.0471 e. The van der Waals surface area contributed by atoms with Crippen LogP contribution < -0.4 is 10.2 Å². The van der Waals surface area contributed by atoms with E-state index in [1.54, 1.807) is 0 Å². The first-order valence-corrected chi connectivity index (χ1v) is 8.52. The molecule has 0 saturated carbocycles. The number of fused-ring (bicyclic) bond motifs is 1. The van der Waals surface area contributed by atoms with E-state index in [0.29, 0.717) is 6.04 Å². The number of piperazine rings is 1. The quantitative estimate of drug-likeness (QED) is 0.922. The summed E-state index contributed by atoms with van der Waals surface area (Å²) in [5.74, 6) is 0. The molecule has 0 aliphatic carbocycles. The maximum atomic E-state index is 6.47. The third kappa shape index (κ3) is 3.36. The van der Waals surface area contributed by atoms with E-state index < -0.39 is 0 Å². The van der Waals surface area contributed by atoms with E-state index in [1.807, 2.05) is 6.07 Å². The van der Waals surface area contributed by atoms with E-state index in [-0.39, 0.29) is 0 Å². The fraction of sp³-hybridized carbons (Fsp3) is 0.647. The zero-order chi connectivity index (χ0) is 14.8. The van der Waals surface area contributed by atoms with Crippen molar-refractivity contribution in [3.05, 3.63) is 28.8 Å². The van der Waals surface area contributed by atoms with Gasteiger partial charge >= 0.3 is 0 Å². The Morgan fingerprint density at radius 1 is 1.29 bits per heavy atom. The molecule has 3 nitrogen and oxygen atoms in total. The van der Waals surface area contributed by atoms with Gasteiger partial charge in [0.15, 0.2) is 0 Å². The molecule has 1 aromatic carbocycles. The summed E-state index contributed by atoms with van der Waals surface area (Å²) in [5.41, 5.74) is 2.57. The number of hydrogen-bond donors (Lipinski definition) is 1. The summed E-state index contributed by atoms with van der Waals surface area (Å²) in [6, 6.07) is 7.53. The lowest BCUT2D eigenvalue weighted by molar-refractivity contribution is 0.231. The maximum absolute atomic E-state index is 6.47. The fourth-order valence-corrected chi connectivity index (χ4v) is 3.77. The number of benzene rings is 1. The van der Waals surface area contributed by atoms with Gasteiger partial charge in [-0.05, 0) is 31.5 Å². The van der Waals surface area contributed by atoms with Gasteiger partial charge in [0.1, 0.15) is 0 Å². The van der Waals surface area contributed by atoms with Crippen molar-refractivity contribution in [2.75, 3.05) is 31.1 Å². The Labute approximate surface area is 133 Å². The highest BCUT2D eigenvalue weighted by Gasteiger charge is 2.31. The Bertz CT molecular complexity index is 489. The van der Waals surface area contributed by atoms with Gasteiger partial charge in [0.25, 0.3) is 0 Å². The lowest BCUT2D eigenvalue weighted by atomic mass is 10.1. The van der Waals surface area contributed by atoms with E-state index in [1.165, 1.54) is 37.2 Å². The number of nitrogens with zero attached hydrogens (tertiary/aromatic N) is 2. The predicted octanol–water partition coefficient (Wildman–Crippen LogP) is 3.12. The first-order valence-electron chi connectivity index (χ1n) is 8.15. The second-order valence-electron chi connectivity index (χ2n) is 6.55. The van der Waals surface area contributed by atoms with Crippen molar-refractivity contribution in [3.8, 4) is 0 Å². The van der Waals surface area contributed by atoms with Crippen molar-refractivity contribution in [1.82, 2.24) is 10.2 Å². The molecule has 116 valence electrons. The van der Waals surface area contributed by atoms with Crippen LogP contribution in [0.5, 0.6) is 0 Å². The summed E-state index contributed by atoms with van der Waals surface area (Å²) in [5, 5.41) is 4.39. The van der Waals surface area contributed by atoms with Crippen LogP contribution in [0, 0.1) is 0 Å². The van der Waals surface area contributed by atoms with Crippen molar-refractivity contribution >= 4 is 17.3 Å². The average molecular weight is 308 g/mol. The Morgan fingerprint density at radius 2 is 2.14 bits per heavy atom. The fourth-order valence-electron chi connectivity index (χ4n) is 3.53. The summed E-state index contributed by atoms with van der Waals surface area (Å²) in [4.78, 5) is 5.18. The van der Waals surface area contributed by atoms with E-state index in [0.717, 1.165) is 30.7 Å². The summed E-state index contributed by atoms with van der Waals surface area (Å²) in [7, 11) is 0. The van der Waals surface area contributed by atoms with Gasteiger partial charge in [-0.15, -0.1) is 0 Å². The molecule has 2 fully saturated rings. The normalized spacial score (nSPS) is 22.9. The average Bonchev–Trinajstić information content (AvgIpc) is 2.92. The van der Waals surface area contributed by atoms with Gasteiger partial charge in [-0.1, -0.05) is 31.5 Å². The van der Waals surface area contributed by atoms with Crippen LogP contribution >= 0.6 is 11.6 Å². The highest BCUT2D eigenvalue weighted by atomic mass is 35.5. The molecule has 1 unspecified atom stereocenters. The minimum absolute atomic E-state index is 0.473. The number of hydrogen-bond acceptors (Lipinski definition) is 3. The Hall–Kier alpha value is -0.770. The van der Waals surface area contributed by atoms with Gasteiger partial charge in [-0.2, -0.15) is 0 Å². The van der Waals surface area contributed by atoms with Crippen molar-refractivity contribution in [1.29, 1.82) is 0 Å². The van der Waals surface area contributed by atoms with Crippen LogP contribution in [0.2, 0.25) is 5.02 Å². The zero-order valence-corrected chi connectivity index (χ0v) is 13.9. The lowest BCUT2D eigenvalue weighted by Gasteiger charge is -2.39. The van der Waals surface area contributed by atoms with E-state index in [2.05, 4.69) is 41.1 Å². The Morgan fingerprint density at radius 3 is 2.95 bits per heavy atom. The SMILES string of the molecule is CC(C)NCc1c(Cl)cccc1N1CCN2CCCC2C1. The molecule has 1 atom stereocenters. The minimum Gasteiger partial charge on any atom is -0.368 e. The molecular weight excluding hydrogens is 282 g/mol. The molecule has 4 heteroatoms. The van der Waals surface area contributed by atoms with Crippen LogP contribution in [0.3, 0.4) is 0 Å². The highest BCUT2D eigenvalue weighted by Crippen LogP contribution is 2.31. The third-order valence-electron chi connectivity index (χ3n) is 4.71. The molecule has 1 aromatic rings. The third-order valence-corrected chi connectivity index (χ3v) is 5.06. The standard InChI is InChI=1S/C17H26ClN3/c1-13(2)19-11-15-16(18)6-3-7-17(15)21-10-9-20-8-4-5-14(20)12-21/h3,6-7,13-14,19H,4-5,8-12H2,1-2H3. The molecule has 2 aliphatic heterocycles. The lowest BCUT2D eigenvalue weighted by Crippen LogP contribution is -2.50. The second-order valence-corrected chi connectivity index (χ2v) is 6.96. The van der Waals surface area contributed by atoms with E-state index >= 15 is 0 Å². The molecular formula is C17H26ClN3. The van der Waals surface area contributed by atoms with Gasteiger partial charge < -0.3 is 10.2 Å². The number of rotatable bonds is 4. The number of halogens is 1. The van der Waals surface area contributed by atoms with Crippen LogP contribution in [0.15, 0.2) is 18.2 Å². The summed E-state index contributed by atoms with van der Waals surface area (Å²) >= 11 is 6.47. The molecule has 0 aromatic heterocycles. The van der Waals surface area contributed by atoms with Crippen LogP contribution in [0.25, 0.3) is 0 Å². The summed E-state index contributed by atoms with van der Waals surface area (Å²) in [6.07, 6.45) is 2.70.